The Labute approximate surface area is 173 Å². The van der Waals surface area contributed by atoms with Gasteiger partial charge in [0.15, 0.2) is 0 Å². The highest BCUT2D eigenvalue weighted by molar-refractivity contribution is 7.08. The average molecular weight is 416 g/mol. The zero-order valence-corrected chi connectivity index (χ0v) is 17.1. The van der Waals surface area contributed by atoms with E-state index in [2.05, 4.69) is 16.0 Å². The Morgan fingerprint density at radius 2 is 1.86 bits per heavy atom. The molecule has 0 radical (unpaired) electrons. The number of carbonyl (C=O) groups excluding carboxylic acids is 3. The number of carbonyl (C=O) groups is 3. The average Bonchev–Trinajstić information content (AvgIpc) is 3.21. The van der Waals surface area contributed by atoms with Crippen molar-refractivity contribution in [3.63, 3.8) is 0 Å². The van der Waals surface area contributed by atoms with E-state index in [9.17, 15) is 14.4 Å². The maximum Gasteiger partial charge on any atom is 0.243 e. The van der Waals surface area contributed by atoms with Crippen LogP contribution in [0.15, 0.2) is 41.1 Å². The number of thiophene rings is 1. The molecule has 1 atom stereocenters. The lowest BCUT2D eigenvalue weighted by Gasteiger charge is -2.39. The summed E-state index contributed by atoms with van der Waals surface area (Å²) in [6.07, 6.45) is 1.76. The smallest absolute Gasteiger partial charge is 0.243 e. The SMILES string of the molecule is CC(NC(=O)C1(C(=O)NCC(=O)Nc2ccc(CO)cc2)CCC1)c1ccsc1. The van der Waals surface area contributed by atoms with Crippen molar-refractivity contribution in [3.05, 3.63) is 52.2 Å². The lowest BCUT2D eigenvalue weighted by Crippen LogP contribution is -2.56. The van der Waals surface area contributed by atoms with Crippen molar-refractivity contribution in [1.82, 2.24) is 10.6 Å². The van der Waals surface area contributed by atoms with Crippen molar-refractivity contribution in [1.29, 1.82) is 0 Å². The number of aliphatic hydroxyl groups excluding tert-OH is 1. The molecule has 0 aliphatic heterocycles. The highest BCUT2D eigenvalue weighted by Gasteiger charge is 2.51. The van der Waals surface area contributed by atoms with Gasteiger partial charge in [-0.1, -0.05) is 18.6 Å². The lowest BCUT2D eigenvalue weighted by molar-refractivity contribution is -0.150. The van der Waals surface area contributed by atoms with Crippen LogP contribution in [0.2, 0.25) is 0 Å². The summed E-state index contributed by atoms with van der Waals surface area (Å²) in [5.74, 6) is -1.08. The second-order valence-electron chi connectivity index (χ2n) is 7.27. The Kier molecular flexibility index (Phi) is 6.66. The second-order valence-corrected chi connectivity index (χ2v) is 8.05. The van der Waals surface area contributed by atoms with Gasteiger partial charge < -0.3 is 21.1 Å². The van der Waals surface area contributed by atoms with Crippen molar-refractivity contribution < 1.29 is 19.5 Å². The number of anilines is 1. The van der Waals surface area contributed by atoms with Gasteiger partial charge in [0.1, 0.15) is 5.41 Å². The minimum Gasteiger partial charge on any atom is -0.392 e. The summed E-state index contributed by atoms with van der Waals surface area (Å²) in [6.45, 7) is 1.61. The first-order chi connectivity index (χ1) is 13.9. The fraction of sp³-hybridized carbons (Fsp3) is 0.381. The molecule has 0 saturated heterocycles. The van der Waals surface area contributed by atoms with Gasteiger partial charge in [0.05, 0.1) is 19.2 Å². The molecule has 1 aromatic heterocycles. The van der Waals surface area contributed by atoms with Gasteiger partial charge in [-0.2, -0.15) is 11.3 Å². The summed E-state index contributed by atoms with van der Waals surface area (Å²) in [4.78, 5) is 37.7. The third-order valence-corrected chi connectivity index (χ3v) is 6.00. The van der Waals surface area contributed by atoms with Gasteiger partial charge in [-0.15, -0.1) is 0 Å². The maximum absolute atomic E-state index is 12.8. The second kappa shape index (κ2) is 9.19. The molecule has 0 bridgehead atoms. The van der Waals surface area contributed by atoms with Crippen molar-refractivity contribution in [2.24, 2.45) is 5.41 Å². The van der Waals surface area contributed by atoms with Gasteiger partial charge >= 0.3 is 0 Å². The zero-order chi connectivity index (χ0) is 20.9. The van der Waals surface area contributed by atoms with E-state index < -0.39 is 11.3 Å². The van der Waals surface area contributed by atoms with Crippen molar-refractivity contribution in [3.8, 4) is 0 Å². The molecule has 3 amide bonds. The predicted octanol–water partition coefficient (Wildman–Crippen LogP) is 2.34. The Balaban J connectivity index is 1.53. The molecule has 1 aliphatic carbocycles. The summed E-state index contributed by atoms with van der Waals surface area (Å²) in [5.41, 5.74) is 1.21. The van der Waals surface area contributed by atoms with Crippen LogP contribution in [0.25, 0.3) is 0 Å². The monoisotopic (exact) mass is 415 g/mol. The largest absolute Gasteiger partial charge is 0.392 e. The van der Waals surface area contributed by atoms with Crippen LogP contribution in [0.4, 0.5) is 5.69 Å². The van der Waals surface area contributed by atoms with E-state index in [1.54, 1.807) is 35.6 Å². The predicted molar refractivity (Wildman–Crippen MR) is 111 cm³/mol. The van der Waals surface area contributed by atoms with Crippen LogP contribution in [0.1, 0.15) is 43.4 Å². The summed E-state index contributed by atoms with van der Waals surface area (Å²) in [6, 6.07) is 8.54. The standard InChI is InChI=1S/C21H25N3O4S/c1-14(16-7-10-29-13-16)23-20(28)21(8-2-9-21)19(27)22-11-18(26)24-17-5-3-15(12-25)4-6-17/h3-7,10,13-14,25H,2,8-9,11-12H2,1H3,(H,22,27)(H,23,28)(H,24,26). The van der Waals surface area contributed by atoms with Crippen LogP contribution >= 0.6 is 11.3 Å². The molecule has 1 saturated carbocycles. The first-order valence-corrected chi connectivity index (χ1v) is 10.5. The molecule has 3 rings (SSSR count). The molecule has 1 unspecified atom stereocenters. The number of nitrogens with one attached hydrogen (secondary N) is 3. The van der Waals surface area contributed by atoms with Crippen LogP contribution in [0.5, 0.6) is 0 Å². The Hall–Kier alpha value is -2.71. The Morgan fingerprint density at radius 3 is 2.41 bits per heavy atom. The molecule has 1 aromatic carbocycles. The minimum atomic E-state index is -1.10. The maximum atomic E-state index is 12.8. The van der Waals surface area contributed by atoms with Crippen LogP contribution < -0.4 is 16.0 Å². The molecule has 2 aromatic rings. The van der Waals surface area contributed by atoms with Crippen molar-refractivity contribution in [2.75, 3.05) is 11.9 Å². The number of benzene rings is 1. The highest BCUT2D eigenvalue weighted by atomic mass is 32.1. The Morgan fingerprint density at radius 1 is 1.14 bits per heavy atom. The molecule has 8 heteroatoms. The minimum absolute atomic E-state index is 0.0700. The van der Waals surface area contributed by atoms with E-state index in [1.165, 1.54) is 0 Å². The van der Waals surface area contributed by atoms with E-state index >= 15 is 0 Å². The molecular weight excluding hydrogens is 390 g/mol. The van der Waals surface area contributed by atoms with Crippen molar-refractivity contribution >= 4 is 34.7 Å². The first kappa shape index (κ1) is 21.0. The molecule has 1 heterocycles. The zero-order valence-electron chi connectivity index (χ0n) is 16.2. The summed E-state index contributed by atoms with van der Waals surface area (Å²) < 4.78 is 0. The number of rotatable bonds is 8. The normalized spacial score (nSPS) is 15.7. The number of hydrogen-bond acceptors (Lipinski definition) is 5. The molecule has 1 fully saturated rings. The molecule has 7 nitrogen and oxygen atoms in total. The fourth-order valence-corrected chi connectivity index (χ4v) is 4.01. The van der Waals surface area contributed by atoms with Crippen LogP contribution in [-0.4, -0.2) is 29.4 Å². The molecule has 154 valence electrons. The van der Waals surface area contributed by atoms with Crippen LogP contribution in [0.3, 0.4) is 0 Å². The summed E-state index contributed by atoms with van der Waals surface area (Å²) in [5, 5.41) is 21.2. The van der Waals surface area contributed by atoms with Gasteiger partial charge in [-0.3, -0.25) is 14.4 Å². The number of aliphatic hydroxyl groups is 1. The molecule has 1 aliphatic rings. The summed E-state index contributed by atoms with van der Waals surface area (Å²) >= 11 is 1.56. The molecule has 4 N–H and O–H groups in total. The highest BCUT2D eigenvalue weighted by Crippen LogP contribution is 2.42. The Bertz CT molecular complexity index is 861. The first-order valence-electron chi connectivity index (χ1n) is 9.55. The topological polar surface area (TPSA) is 108 Å². The van der Waals surface area contributed by atoms with Crippen LogP contribution in [-0.2, 0) is 21.0 Å². The van der Waals surface area contributed by atoms with E-state index in [4.69, 9.17) is 5.11 Å². The van der Waals surface area contributed by atoms with E-state index in [0.717, 1.165) is 17.5 Å². The van der Waals surface area contributed by atoms with E-state index in [0.29, 0.717) is 18.5 Å². The van der Waals surface area contributed by atoms with Crippen molar-refractivity contribution in [2.45, 2.75) is 38.8 Å². The third-order valence-electron chi connectivity index (χ3n) is 5.30. The van der Waals surface area contributed by atoms with Gasteiger partial charge in [0.25, 0.3) is 0 Å². The molecule has 0 spiro atoms. The quantitative estimate of drug-likeness (QED) is 0.496. The summed E-state index contributed by atoms with van der Waals surface area (Å²) in [7, 11) is 0. The van der Waals surface area contributed by atoms with Gasteiger partial charge in [-0.25, -0.2) is 0 Å². The fourth-order valence-electron chi connectivity index (χ4n) is 3.26. The number of hydrogen-bond donors (Lipinski definition) is 4. The van der Waals surface area contributed by atoms with Gasteiger partial charge in [-0.05, 0) is 59.9 Å². The molecular formula is C21H25N3O4S. The van der Waals surface area contributed by atoms with Gasteiger partial charge in [0.2, 0.25) is 17.7 Å². The van der Waals surface area contributed by atoms with E-state index in [-0.39, 0.29) is 31.0 Å². The molecule has 29 heavy (non-hydrogen) atoms. The third kappa shape index (κ3) is 4.83. The van der Waals surface area contributed by atoms with E-state index in [1.807, 2.05) is 23.8 Å². The lowest BCUT2D eigenvalue weighted by atomic mass is 9.67. The van der Waals surface area contributed by atoms with Crippen LogP contribution in [0, 0.1) is 5.41 Å². The number of amides is 3. The van der Waals surface area contributed by atoms with Gasteiger partial charge in [0, 0.05) is 5.69 Å².